The Hall–Kier alpha value is -1.94. The first-order valence-corrected chi connectivity index (χ1v) is 4.46. The lowest BCUT2D eigenvalue weighted by Crippen LogP contribution is -1.78. The molecule has 0 spiro atoms. The highest BCUT2D eigenvalue weighted by molar-refractivity contribution is 5.85. The van der Waals surface area contributed by atoms with Crippen LogP contribution in [-0.2, 0) is 0 Å². The van der Waals surface area contributed by atoms with E-state index in [-0.39, 0.29) is 5.75 Å². The highest BCUT2D eigenvalue weighted by atomic mass is 16.3. The molecule has 14 heavy (non-hydrogen) atoms. The summed E-state index contributed by atoms with van der Waals surface area (Å²) in [7, 11) is 0. The summed E-state index contributed by atoms with van der Waals surface area (Å²) < 4.78 is 0. The third-order valence-electron chi connectivity index (χ3n) is 2.12. The van der Waals surface area contributed by atoms with Gasteiger partial charge in [0.2, 0.25) is 0 Å². The highest BCUT2D eigenvalue weighted by Gasteiger charge is 2.00. The van der Waals surface area contributed by atoms with Gasteiger partial charge in [-0.1, -0.05) is 30.2 Å². The lowest BCUT2D eigenvalue weighted by atomic mass is 10.1. The summed E-state index contributed by atoms with van der Waals surface area (Å²) in [5.41, 5.74) is 0.686. The number of hydrogen-bond donors (Lipinski definition) is 1. The average Bonchev–Trinajstić information content (AvgIpc) is 2.19. The molecule has 0 aromatic heterocycles. The van der Waals surface area contributed by atoms with Crippen LogP contribution in [0.15, 0.2) is 36.4 Å². The van der Waals surface area contributed by atoms with Crippen LogP contribution in [0, 0.1) is 11.8 Å². The molecular formula is C13H10O. The van der Waals surface area contributed by atoms with Crippen molar-refractivity contribution in [1.82, 2.24) is 0 Å². The van der Waals surface area contributed by atoms with Crippen molar-refractivity contribution in [3.8, 4) is 17.6 Å². The summed E-state index contributed by atoms with van der Waals surface area (Å²) in [6.07, 6.45) is 0. The van der Waals surface area contributed by atoms with E-state index >= 15 is 0 Å². The van der Waals surface area contributed by atoms with E-state index in [1.165, 1.54) is 0 Å². The third kappa shape index (κ3) is 1.43. The van der Waals surface area contributed by atoms with E-state index in [0.29, 0.717) is 5.56 Å². The molecule has 0 unspecified atom stereocenters. The Morgan fingerprint density at radius 1 is 1.07 bits per heavy atom. The van der Waals surface area contributed by atoms with Crippen molar-refractivity contribution < 1.29 is 5.11 Å². The first-order valence-electron chi connectivity index (χ1n) is 4.46. The highest BCUT2D eigenvalue weighted by Crippen LogP contribution is 2.23. The monoisotopic (exact) mass is 182 g/mol. The normalized spacial score (nSPS) is 9.50. The molecule has 0 aliphatic rings. The molecule has 0 radical (unpaired) electrons. The molecule has 2 rings (SSSR count). The topological polar surface area (TPSA) is 20.2 Å². The molecule has 0 saturated heterocycles. The van der Waals surface area contributed by atoms with Gasteiger partial charge in [-0.25, -0.2) is 0 Å². The Balaban J connectivity index is 2.75. The number of fused-ring (bicyclic) bond motifs is 1. The van der Waals surface area contributed by atoms with E-state index in [1.807, 2.05) is 30.3 Å². The Kier molecular flexibility index (Phi) is 2.12. The standard InChI is InChI=1S/C13H10O/c1-2-5-12-8-10-6-3-4-7-11(10)9-13(12)14/h3-4,6-9,14H,1H3. The summed E-state index contributed by atoms with van der Waals surface area (Å²) in [4.78, 5) is 0. The smallest absolute Gasteiger partial charge is 0.131 e. The van der Waals surface area contributed by atoms with Gasteiger partial charge < -0.3 is 5.11 Å². The number of aromatic hydroxyl groups is 1. The molecule has 2 aromatic rings. The van der Waals surface area contributed by atoms with Crippen LogP contribution in [-0.4, -0.2) is 5.11 Å². The fourth-order valence-electron chi connectivity index (χ4n) is 1.46. The van der Waals surface area contributed by atoms with Crippen LogP contribution in [0.5, 0.6) is 5.75 Å². The molecule has 1 heteroatoms. The van der Waals surface area contributed by atoms with E-state index < -0.39 is 0 Å². The number of phenols is 1. The van der Waals surface area contributed by atoms with E-state index in [1.54, 1.807) is 13.0 Å². The van der Waals surface area contributed by atoms with Crippen molar-refractivity contribution in [2.45, 2.75) is 6.92 Å². The number of hydrogen-bond acceptors (Lipinski definition) is 1. The minimum atomic E-state index is 0.248. The van der Waals surface area contributed by atoms with Gasteiger partial charge in [-0.3, -0.25) is 0 Å². The van der Waals surface area contributed by atoms with E-state index in [2.05, 4.69) is 11.8 Å². The van der Waals surface area contributed by atoms with Crippen molar-refractivity contribution in [2.75, 3.05) is 0 Å². The predicted octanol–water partition coefficient (Wildman–Crippen LogP) is 2.92. The van der Waals surface area contributed by atoms with E-state index in [0.717, 1.165) is 10.8 Å². The zero-order chi connectivity index (χ0) is 9.97. The number of rotatable bonds is 0. The van der Waals surface area contributed by atoms with E-state index in [4.69, 9.17) is 0 Å². The van der Waals surface area contributed by atoms with Crippen LogP contribution >= 0.6 is 0 Å². The van der Waals surface area contributed by atoms with Gasteiger partial charge in [0.05, 0.1) is 5.56 Å². The lowest BCUT2D eigenvalue weighted by molar-refractivity contribution is 0.474. The molecule has 0 bridgehead atoms. The largest absolute Gasteiger partial charge is 0.507 e. The zero-order valence-electron chi connectivity index (χ0n) is 7.91. The molecule has 0 amide bonds. The Labute approximate surface area is 83.0 Å². The van der Waals surface area contributed by atoms with Crippen LogP contribution in [0.1, 0.15) is 12.5 Å². The minimum absolute atomic E-state index is 0.248. The van der Waals surface area contributed by atoms with Crippen LogP contribution < -0.4 is 0 Å². The molecule has 0 heterocycles. The fraction of sp³-hybridized carbons (Fsp3) is 0.0769. The summed E-state index contributed by atoms with van der Waals surface area (Å²) in [6.45, 7) is 1.76. The molecule has 1 nitrogen and oxygen atoms in total. The Morgan fingerprint density at radius 2 is 1.71 bits per heavy atom. The molecule has 0 saturated carbocycles. The van der Waals surface area contributed by atoms with Crippen LogP contribution in [0.3, 0.4) is 0 Å². The van der Waals surface area contributed by atoms with Gasteiger partial charge in [-0.2, -0.15) is 0 Å². The maximum absolute atomic E-state index is 9.64. The summed E-state index contributed by atoms with van der Waals surface area (Å²) in [5, 5.41) is 11.8. The molecular weight excluding hydrogens is 172 g/mol. The van der Waals surface area contributed by atoms with Crippen LogP contribution in [0.25, 0.3) is 10.8 Å². The van der Waals surface area contributed by atoms with Crippen molar-refractivity contribution in [3.05, 3.63) is 42.0 Å². The Morgan fingerprint density at radius 3 is 2.36 bits per heavy atom. The second kappa shape index (κ2) is 3.43. The molecule has 0 aliphatic carbocycles. The van der Waals surface area contributed by atoms with Crippen LogP contribution in [0.4, 0.5) is 0 Å². The zero-order valence-corrected chi connectivity index (χ0v) is 7.91. The van der Waals surface area contributed by atoms with Gasteiger partial charge in [0, 0.05) is 0 Å². The van der Waals surface area contributed by atoms with Gasteiger partial charge in [0.15, 0.2) is 0 Å². The van der Waals surface area contributed by atoms with E-state index in [9.17, 15) is 5.11 Å². The maximum Gasteiger partial charge on any atom is 0.131 e. The third-order valence-corrected chi connectivity index (χ3v) is 2.12. The van der Waals surface area contributed by atoms with Crippen molar-refractivity contribution >= 4 is 10.8 Å². The minimum Gasteiger partial charge on any atom is -0.507 e. The first kappa shape index (κ1) is 8.65. The molecule has 2 aromatic carbocycles. The van der Waals surface area contributed by atoms with Crippen molar-refractivity contribution in [3.63, 3.8) is 0 Å². The van der Waals surface area contributed by atoms with Gasteiger partial charge in [-0.15, -0.1) is 5.92 Å². The van der Waals surface area contributed by atoms with Crippen LogP contribution in [0.2, 0.25) is 0 Å². The predicted molar refractivity (Wildman–Crippen MR) is 58.2 cm³/mol. The molecule has 0 fully saturated rings. The summed E-state index contributed by atoms with van der Waals surface area (Å²) in [5.74, 6) is 5.90. The second-order valence-corrected chi connectivity index (χ2v) is 3.09. The molecule has 68 valence electrons. The average molecular weight is 182 g/mol. The Bertz CT molecular complexity index is 530. The van der Waals surface area contributed by atoms with Gasteiger partial charge in [0.1, 0.15) is 5.75 Å². The summed E-state index contributed by atoms with van der Waals surface area (Å²) in [6, 6.07) is 11.6. The number of phenolic OH excluding ortho intramolecular Hbond substituents is 1. The second-order valence-electron chi connectivity index (χ2n) is 3.09. The molecule has 1 N–H and O–H groups in total. The summed E-state index contributed by atoms with van der Waals surface area (Å²) >= 11 is 0. The van der Waals surface area contributed by atoms with Crippen molar-refractivity contribution in [2.24, 2.45) is 0 Å². The van der Waals surface area contributed by atoms with Crippen molar-refractivity contribution in [1.29, 1.82) is 0 Å². The fourth-order valence-corrected chi connectivity index (χ4v) is 1.46. The van der Waals surface area contributed by atoms with Gasteiger partial charge in [-0.05, 0) is 29.8 Å². The molecule has 0 aliphatic heterocycles. The van der Waals surface area contributed by atoms with Gasteiger partial charge in [0.25, 0.3) is 0 Å². The first-order chi connectivity index (χ1) is 6.81. The lowest BCUT2D eigenvalue weighted by Gasteiger charge is -2.00. The van der Waals surface area contributed by atoms with Gasteiger partial charge >= 0.3 is 0 Å². The maximum atomic E-state index is 9.64. The molecule has 0 atom stereocenters. The quantitative estimate of drug-likeness (QED) is 0.621. The number of benzene rings is 2. The SMILES string of the molecule is CC#Cc1cc2ccccc2cc1O.